The number of nitrogens with zero attached hydrogens (tertiary/aromatic N) is 2. The number of aromatic nitrogens is 2. The Balaban J connectivity index is 1.68. The smallest absolute Gasteiger partial charge is 0.239 e. The van der Waals surface area contributed by atoms with Gasteiger partial charge in [-0.05, 0) is 68.0 Å². The Morgan fingerprint density at radius 3 is 2.69 bits per heavy atom. The topological polar surface area (TPSA) is 100.0 Å². The fourth-order valence-electron chi connectivity index (χ4n) is 4.63. The van der Waals surface area contributed by atoms with E-state index in [4.69, 9.17) is 9.52 Å². The zero-order valence-electron chi connectivity index (χ0n) is 18.2. The van der Waals surface area contributed by atoms with E-state index in [2.05, 4.69) is 20.0 Å². The van der Waals surface area contributed by atoms with Gasteiger partial charge in [0.15, 0.2) is 9.92 Å². The molecular weight excluding hydrogens is 422 g/mol. The summed E-state index contributed by atoms with van der Waals surface area (Å²) >= 11 is 0. The number of rotatable bonds is 1. The minimum absolute atomic E-state index is 0.0560. The SMILES string of the molecule is Cc1cccc(C)c1-c1cc2nc(n1)NS(=N)(=O)c1cccc(c1)C1CCNCC(C1)O2. The lowest BCUT2D eigenvalue weighted by atomic mass is 9.91. The molecule has 32 heavy (non-hydrogen) atoms. The molecule has 3 unspecified atom stereocenters. The highest BCUT2D eigenvalue weighted by Crippen LogP contribution is 2.33. The maximum atomic E-state index is 13.4. The van der Waals surface area contributed by atoms with Crippen LogP contribution in [-0.2, 0) is 9.92 Å². The molecule has 3 N–H and O–H groups in total. The average molecular weight is 450 g/mol. The Kier molecular flexibility index (Phi) is 5.35. The summed E-state index contributed by atoms with van der Waals surface area (Å²) < 4.78 is 31.1. The van der Waals surface area contributed by atoms with Crippen molar-refractivity contribution in [3.8, 4) is 17.1 Å². The third-order valence-electron chi connectivity index (χ3n) is 6.21. The molecule has 3 aromatic rings. The molecule has 5 rings (SSSR count). The summed E-state index contributed by atoms with van der Waals surface area (Å²) in [5.41, 5.74) is 4.93. The van der Waals surface area contributed by atoms with Gasteiger partial charge in [-0.3, -0.25) is 4.72 Å². The van der Waals surface area contributed by atoms with Crippen molar-refractivity contribution in [3.63, 3.8) is 0 Å². The Bertz CT molecular complexity index is 1250. The van der Waals surface area contributed by atoms with Gasteiger partial charge < -0.3 is 10.1 Å². The van der Waals surface area contributed by atoms with Crippen LogP contribution in [0.3, 0.4) is 0 Å². The molecule has 1 fully saturated rings. The first-order valence-electron chi connectivity index (χ1n) is 10.9. The van der Waals surface area contributed by atoms with Crippen LogP contribution in [0.5, 0.6) is 5.88 Å². The van der Waals surface area contributed by atoms with Crippen molar-refractivity contribution in [1.29, 1.82) is 4.78 Å². The normalized spacial score (nSPS) is 24.8. The highest BCUT2D eigenvalue weighted by molar-refractivity contribution is 7.93. The Hall–Kier alpha value is -2.97. The summed E-state index contributed by atoms with van der Waals surface area (Å²) in [6.45, 7) is 5.69. The lowest BCUT2D eigenvalue weighted by Gasteiger charge is -2.23. The lowest BCUT2D eigenvalue weighted by Crippen LogP contribution is -2.30. The van der Waals surface area contributed by atoms with Crippen LogP contribution in [0.4, 0.5) is 5.95 Å². The molecule has 0 radical (unpaired) electrons. The van der Waals surface area contributed by atoms with Crippen LogP contribution < -0.4 is 14.8 Å². The van der Waals surface area contributed by atoms with Crippen molar-refractivity contribution < 1.29 is 8.95 Å². The molecule has 3 heterocycles. The summed E-state index contributed by atoms with van der Waals surface area (Å²) in [4.78, 5) is 9.57. The second-order valence-electron chi connectivity index (χ2n) is 8.58. The number of nitrogens with one attached hydrogen (secondary N) is 3. The van der Waals surface area contributed by atoms with Crippen LogP contribution in [0, 0.1) is 18.6 Å². The van der Waals surface area contributed by atoms with Crippen LogP contribution in [-0.4, -0.2) is 33.4 Å². The quantitative estimate of drug-likeness (QED) is 0.511. The molecule has 2 aliphatic heterocycles. The minimum atomic E-state index is -3.35. The summed E-state index contributed by atoms with van der Waals surface area (Å²) in [5, 5.41) is 3.47. The molecular formula is C24H27N5O2S. The zero-order valence-corrected chi connectivity index (χ0v) is 19.0. The van der Waals surface area contributed by atoms with E-state index >= 15 is 0 Å². The molecule has 0 amide bonds. The first kappa shape index (κ1) is 20.9. The van der Waals surface area contributed by atoms with Gasteiger partial charge in [0.05, 0.1) is 10.6 Å². The molecule has 8 heteroatoms. The lowest BCUT2D eigenvalue weighted by molar-refractivity contribution is 0.181. The molecule has 2 aliphatic rings. The average Bonchev–Trinajstić information content (AvgIpc) is 2.98. The van der Waals surface area contributed by atoms with E-state index in [0.717, 1.165) is 48.2 Å². The van der Waals surface area contributed by atoms with E-state index in [1.807, 2.05) is 56.3 Å². The predicted molar refractivity (Wildman–Crippen MR) is 125 cm³/mol. The monoisotopic (exact) mass is 449 g/mol. The molecule has 1 aromatic heterocycles. The number of benzene rings is 2. The third-order valence-corrected chi connectivity index (χ3v) is 7.60. The maximum Gasteiger partial charge on any atom is 0.239 e. The summed E-state index contributed by atoms with van der Waals surface area (Å²) in [7, 11) is -3.35. The largest absolute Gasteiger partial charge is 0.473 e. The first-order valence-corrected chi connectivity index (χ1v) is 12.4. The second kappa shape index (κ2) is 8.18. The van der Waals surface area contributed by atoms with E-state index in [1.54, 1.807) is 6.07 Å². The van der Waals surface area contributed by atoms with Crippen molar-refractivity contribution >= 4 is 15.9 Å². The highest BCUT2D eigenvalue weighted by Gasteiger charge is 2.26. The van der Waals surface area contributed by atoms with Gasteiger partial charge >= 0.3 is 0 Å². The van der Waals surface area contributed by atoms with Gasteiger partial charge in [0.2, 0.25) is 11.8 Å². The van der Waals surface area contributed by atoms with Crippen molar-refractivity contribution in [2.24, 2.45) is 0 Å². The van der Waals surface area contributed by atoms with Crippen molar-refractivity contribution in [3.05, 3.63) is 65.2 Å². The number of hydrogen-bond donors (Lipinski definition) is 3. The van der Waals surface area contributed by atoms with Crippen LogP contribution in [0.25, 0.3) is 11.3 Å². The number of anilines is 1. The number of hydrogen-bond acceptors (Lipinski definition) is 6. The molecule has 2 aromatic carbocycles. The Morgan fingerprint density at radius 1 is 1.09 bits per heavy atom. The van der Waals surface area contributed by atoms with Crippen molar-refractivity contribution in [2.75, 3.05) is 17.8 Å². The van der Waals surface area contributed by atoms with Gasteiger partial charge in [0.25, 0.3) is 0 Å². The molecule has 3 atom stereocenters. The number of aryl methyl sites for hydroxylation is 2. The van der Waals surface area contributed by atoms with E-state index < -0.39 is 9.92 Å². The zero-order chi connectivity index (χ0) is 22.3. The maximum absolute atomic E-state index is 13.4. The molecule has 0 aliphatic carbocycles. The van der Waals surface area contributed by atoms with Gasteiger partial charge in [-0.1, -0.05) is 30.3 Å². The fraction of sp³-hybridized carbons (Fsp3) is 0.333. The van der Waals surface area contributed by atoms with E-state index in [1.165, 1.54) is 0 Å². The fourth-order valence-corrected chi connectivity index (χ4v) is 5.67. The predicted octanol–water partition coefficient (Wildman–Crippen LogP) is 4.42. The first-order chi connectivity index (χ1) is 15.4. The molecule has 1 saturated heterocycles. The van der Waals surface area contributed by atoms with Crippen molar-refractivity contribution in [1.82, 2.24) is 15.3 Å². The van der Waals surface area contributed by atoms with Gasteiger partial charge in [-0.2, -0.15) is 4.98 Å². The van der Waals surface area contributed by atoms with Gasteiger partial charge in [0, 0.05) is 18.2 Å². The minimum Gasteiger partial charge on any atom is -0.473 e. The van der Waals surface area contributed by atoms with E-state index in [-0.39, 0.29) is 18.0 Å². The van der Waals surface area contributed by atoms with Crippen LogP contribution in [0.15, 0.2) is 53.4 Å². The standard InChI is InChI=1S/C24H27N5O2S/c1-15-5-3-6-16(2)23(15)21-13-22-28-24(27-21)29-32(25,30)20-8-4-7-17(12-20)18-9-10-26-14-19(11-18)31-22/h3-8,12-13,18-19,26H,9-11,14H2,1-2H3,(H2,25,27,28,29,30). The van der Waals surface area contributed by atoms with Crippen LogP contribution in [0.2, 0.25) is 0 Å². The number of ether oxygens (including phenoxy) is 1. The summed E-state index contributed by atoms with van der Waals surface area (Å²) in [5.74, 6) is 0.806. The Morgan fingerprint density at radius 2 is 1.88 bits per heavy atom. The summed E-state index contributed by atoms with van der Waals surface area (Å²) in [6, 6.07) is 15.5. The van der Waals surface area contributed by atoms with Gasteiger partial charge in [-0.15, -0.1) is 0 Å². The third kappa shape index (κ3) is 4.08. The Labute approximate surface area is 188 Å². The van der Waals surface area contributed by atoms with Gasteiger partial charge in [-0.25, -0.2) is 14.0 Å². The summed E-state index contributed by atoms with van der Waals surface area (Å²) in [6.07, 6.45) is 1.72. The van der Waals surface area contributed by atoms with Crippen molar-refractivity contribution in [2.45, 2.75) is 43.6 Å². The van der Waals surface area contributed by atoms with Crippen LogP contribution in [0.1, 0.15) is 35.4 Å². The molecule has 7 nitrogen and oxygen atoms in total. The van der Waals surface area contributed by atoms with E-state index in [9.17, 15) is 4.21 Å². The molecule has 0 spiro atoms. The second-order valence-corrected chi connectivity index (χ2v) is 10.4. The molecule has 0 saturated carbocycles. The highest BCUT2D eigenvalue weighted by atomic mass is 32.2. The van der Waals surface area contributed by atoms with Gasteiger partial charge in [0.1, 0.15) is 6.10 Å². The van der Waals surface area contributed by atoms with Crippen LogP contribution >= 0.6 is 0 Å². The van der Waals surface area contributed by atoms with E-state index in [0.29, 0.717) is 16.5 Å². The molecule has 6 bridgehead atoms. The number of fused-ring (bicyclic) bond motifs is 7. The molecule has 166 valence electrons.